The summed E-state index contributed by atoms with van der Waals surface area (Å²) in [7, 11) is 8.09. The van der Waals surface area contributed by atoms with Crippen LogP contribution in [0.5, 0.6) is 28.7 Å². The largest absolute Gasteiger partial charge is 0.496 e. The van der Waals surface area contributed by atoms with Gasteiger partial charge in [0.1, 0.15) is 42.2 Å². The summed E-state index contributed by atoms with van der Waals surface area (Å²) in [6, 6.07) is 11.3. The van der Waals surface area contributed by atoms with Gasteiger partial charge in [-0.1, -0.05) is 89.2 Å². The highest BCUT2D eigenvalue weighted by Crippen LogP contribution is 2.75. The molecule has 0 amide bonds. The number of aromatic nitrogens is 9. The number of fused-ring (bicyclic) bond motifs is 23. The van der Waals surface area contributed by atoms with Gasteiger partial charge >= 0.3 is 0 Å². The van der Waals surface area contributed by atoms with Crippen LogP contribution in [0.4, 0.5) is 0 Å². The molecule has 0 unspecified atom stereocenters. The molecule has 22 rings (SSSR count). The Morgan fingerprint density at radius 2 is 0.686 bits per heavy atom. The normalized spacial score (nSPS) is 42.7. The minimum absolute atomic E-state index is 0. The maximum absolute atomic E-state index is 13.9. The predicted molar refractivity (Wildman–Crippen MR) is 552 cm³/mol. The molecule has 140 heavy (non-hydrogen) atoms. The summed E-state index contributed by atoms with van der Waals surface area (Å²) in [6.45, 7) is 30.3. The Labute approximate surface area is 844 Å². The number of carbonyl (C=O) groups is 4. The van der Waals surface area contributed by atoms with Gasteiger partial charge in [0.05, 0.1) is 74.3 Å². The molecule has 0 spiro atoms. The number of hydrogen-bond donors (Lipinski definition) is 4. The van der Waals surface area contributed by atoms with Crippen LogP contribution in [0.15, 0.2) is 36.4 Å². The van der Waals surface area contributed by atoms with Crippen molar-refractivity contribution in [1.82, 2.24) is 45.0 Å². The Hall–Kier alpha value is -6.14. The van der Waals surface area contributed by atoms with Crippen molar-refractivity contribution in [3.05, 3.63) is 42.0 Å². The smallest absolute Gasteiger partial charge is 0.190 e. The second-order valence-corrected chi connectivity index (χ2v) is 51.8. The number of Topliss-reactive ketones (excluding diaryl/α,β-unsaturated/α-hetero) is 4. The van der Waals surface area contributed by atoms with E-state index in [1.54, 1.807) is 45.0 Å². The summed E-state index contributed by atoms with van der Waals surface area (Å²) >= 11 is 3.44. The predicted octanol–water partition coefficient (Wildman–Crippen LogP) is 24.1. The van der Waals surface area contributed by atoms with Crippen LogP contribution >= 0.6 is 15.9 Å². The van der Waals surface area contributed by atoms with Gasteiger partial charge < -0.3 is 44.1 Å². The van der Waals surface area contributed by atoms with Gasteiger partial charge in [-0.25, -0.2) is 9.36 Å². The van der Waals surface area contributed by atoms with Crippen LogP contribution in [0, 0.1) is 169 Å². The molecule has 16 fully saturated rings. The van der Waals surface area contributed by atoms with E-state index in [0.717, 1.165) is 178 Å². The first-order valence-electron chi connectivity index (χ1n) is 55.6. The zero-order chi connectivity index (χ0) is 98.7. The molecule has 23 heteroatoms. The third-order valence-corrected chi connectivity index (χ3v) is 46.5. The summed E-state index contributed by atoms with van der Waals surface area (Å²) < 4.78 is 30.9. The lowest BCUT2D eigenvalue weighted by molar-refractivity contribution is -0.158. The maximum atomic E-state index is 13.9. The summed E-state index contributed by atoms with van der Waals surface area (Å²) in [5.74, 6) is 16.4. The summed E-state index contributed by atoms with van der Waals surface area (Å²) in [5, 5.41) is 70.5. The molecule has 0 radical (unpaired) electrons. The van der Waals surface area contributed by atoms with Crippen LogP contribution < -0.4 is 23.7 Å². The first-order valence-corrected chi connectivity index (χ1v) is 56.7. The molecule has 32 atom stereocenters. The fourth-order valence-corrected chi connectivity index (χ4v) is 39.6. The number of ether oxygens (including phenoxy) is 5. The van der Waals surface area contributed by atoms with Gasteiger partial charge in [0.2, 0.25) is 0 Å². The first kappa shape index (κ1) is 104. The summed E-state index contributed by atoms with van der Waals surface area (Å²) in [6.07, 6.45) is 46.2. The van der Waals surface area contributed by atoms with E-state index in [-0.39, 0.29) is 71.6 Å². The highest BCUT2D eigenvalue weighted by molar-refractivity contribution is 9.09. The van der Waals surface area contributed by atoms with Gasteiger partial charge in [-0.2, -0.15) is 9.90 Å². The Morgan fingerprint density at radius 3 is 1.04 bits per heavy atom. The third kappa shape index (κ3) is 17.1. The fraction of sp³-hybridized carbons (Fsp3) is 0.812. The Bertz CT molecular complexity index is 5510. The molecular formula is C117H176BrN9O13. The average molecular weight is 2000 g/mol. The molecular weight excluding hydrogens is 1820 g/mol. The molecule has 22 nitrogen and oxygen atoms in total. The van der Waals surface area contributed by atoms with Gasteiger partial charge in [-0.3, -0.25) is 19.2 Å². The number of hydrogen-bond acceptors (Lipinski definition) is 19. The van der Waals surface area contributed by atoms with Crippen LogP contribution in [-0.2, 0) is 38.8 Å². The van der Waals surface area contributed by atoms with E-state index in [2.05, 4.69) is 123 Å². The number of carbonyl (C=O) groups excluding carboxylic acids is 4. The molecule has 4 N–H and O–H groups in total. The SMILES string of the molecule is C.CC[C@]12CC[C@@](C)(O)C[C@@H]1CC[C@H]1[C@@H]3CC[C@H](C(=O)CBr)[C@@]3(C)CC[C@@H]12.CC[C@]12CC[C@@](C)(O)C[C@@H]1CC[C@H]1[C@@H]3CC[C@H](C(=O)Cn4nc5ccc(OC)c(OC)c5n4)[C@@]3(C)CC[C@@H]12.CC[C@]12CC[C@@](C)(O)C[C@@H]1CC[C@H]1[C@@H]3CC[C@H](C(=O)Cn4nnc5c(OC)c(OC)ccc54)[C@@]3(C)CC[C@@H]12.CC[C@]12CC[C@@](C)(O)C[C@@H]1CC[C@H]1[C@@H]3CC[C@H](C(=O)Cn4nnc5ccc(OC)c(C)c54)[C@@]3(C)CC[C@@H]12. The lowest BCUT2D eigenvalue weighted by Crippen LogP contribution is -2.56. The fourth-order valence-electron chi connectivity index (χ4n) is 39.2. The summed E-state index contributed by atoms with van der Waals surface area (Å²) in [4.78, 5) is 55.8. The lowest BCUT2D eigenvalue weighted by Gasteiger charge is -2.63. The van der Waals surface area contributed by atoms with Crippen molar-refractivity contribution in [1.29, 1.82) is 0 Å². The van der Waals surface area contributed by atoms with Crippen LogP contribution in [0.25, 0.3) is 33.1 Å². The van der Waals surface area contributed by atoms with E-state index < -0.39 is 22.4 Å². The molecule has 0 aliphatic heterocycles. The molecule has 0 saturated heterocycles. The molecule has 3 aromatic heterocycles. The number of alkyl halides is 1. The van der Waals surface area contributed by atoms with Crippen LogP contribution in [-0.4, -0.2) is 152 Å². The highest BCUT2D eigenvalue weighted by Gasteiger charge is 2.69. The van der Waals surface area contributed by atoms with E-state index >= 15 is 0 Å². The maximum Gasteiger partial charge on any atom is 0.190 e. The van der Waals surface area contributed by atoms with Gasteiger partial charge in [-0.15, -0.1) is 15.3 Å². The van der Waals surface area contributed by atoms with Gasteiger partial charge in [0.15, 0.2) is 51.4 Å². The number of benzene rings is 3. The number of halogens is 1. The van der Waals surface area contributed by atoms with Crippen molar-refractivity contribution < 1.29 is 63.3 Å². The number of aryl methyl sites for hydroxylation is 1. The minimum Gasteiger partial charge on any atom is -0.496 e. The second kappa shape index (κ2) is 38.8. The van der Waals surface area contributed by atoms with Gasteiger partial charge in [0.25, 0.3) is 0 Å². The number of methoxy groups -OCH3 is 5. The van der Waals surface area contributed by atoms with Gasteiger partial charge in [-0.05, 0) is 466 Å². The number of ketones is 4. The van der Waals surface area contributed by atoms with E-state index in [4.69, 9.17) is 23.7 Å². The van der Waals surface area contributed by atoms with Crippen molar-refractivity contribution in [2.24, 2.45) is 162 Å². The Balaban J connectivity index is 0.000000124. The Morgan fingerprint density at radius 1 is 0.357 bits per heavy atom. The van der Waals surface area contributed by atoms with E-state index in [9.17, 15) is 39.6 Å². The van der Waals surface area contributed by atoms with Crippen molar-refractivity contribution in [3.8, 4) is 28.7 Å². The molecule has 16 aliphatic rings. The first-order chi connectivity index (χ1) is 66.2. The van der Waals surface area contributed by atoms with E-state index in [0.29, 0.717) is 138 Å². The molecule has 16 saturated carbocycles. The van der Waals surface area contributed by atoms with Crippen LogP contribution in [0.1, 0.15) is 353 Å². The molecule has 16 aliphatic carbocycles. The highest BCUT2D eigenvalue weighted by atomic mass is 79.9. The van der Waals surface area contributed by atoms with Crippen molar-refractivity contribution in [2.75, 3.05) is 40.9 Å². The van der Waals surface area contributed by atoms with E-state index in [1.165, 1.54) is 154 Å². The zero-order valence-corrected chi connectivity index (χ0v) is 89.6. The van der Waals surface area contributed by atoms with Crippen molar-refractivity contribution in [3.63, 3.8) is 0 Å². The van der Waals surface area contributed by atoms with Crippen LogP contribution in [0.3, 0.4) is 0 Å². The molecule has 6 aromatic rings. The standard InChI is InChI=1S/2C31H45N3O4.C31H45N3O3.C23H37BrO2.CH4/c1-6-31-16-15-29(2,36)17-19(31)7-8-20-21-9-10-23(30(21,3)14-13-22(20)31)25(35)18-34-24-11-12-26(37-4)28(38-5)27(24)32-33-34;1-6-31-16-15-29(2,36)17-19(31)7-8-20-21-9-10-23(30(21,3)14-13-22(20)31)25(35)18-34-32-24-11-12-26(37-4)28(38-5)27(24)33-34;1-6-31-16-15-29(3,36)17-20(31)7-8-21-22-9-10-24(30(22,4)14-13-23(21)31)26(35)18-34-28-19(2)27(37-5)12-11-25(28)32-33-34;1-4-23-12-11-21(2,26)13-15(23)5-6-16-17-7-8-19(20(25)14-24)22(17,3)10-9-18(16)23;/h2*11-12,19-23,36H,6-10,13-18H2,1-5H3;11-12,20-24,36H,6-10,13-18H2,1-5H3;15-19,26H,4-14H2,1-3H3;1H4/t2*19-,20-,21-,22-,23+,29+,30-,31-;20-,21-,22-,23-,24+,29+,30-,31-;15-,16-,17-,18-,19+,21+,22-,23-;/m0000./s1. The second-order valence-electron chi connectivity index (χ2n) is 51.3. The summed E-state index contributed by atoms with van der Waals surface area (Å²) in [5.41, 5.74) is 5.64. The monoisotopic (exact) mass is 1990 g/mol. The lowest BCUT2D eigenvalue weighted by atomic mass is 9.42. The molecule has 774 valence electrons. The van der Waals surface area contributed by atoms with Gasteiger partial charge in [0, 0.05) is 29.2 Å². The Kier molecular flexibility index (Phi) is 28.8. The topological polar surface area (TPSA) is 287 Å². The van der Waals surface area contributed by atoms with Crippen LogP contribution in [0.2, 0.25) is 0 Å². The molecule has 3 heterocycles. The van der Waals surface area contributed by atoms with Crippen molar-refractivity contribution >= 4 is 72.2 Å². The van der Waals surface area contributed by atoms with Crippen molar-refractivity contribution in [2.45, 2.75) is 396 Å². The third-order valence-electron chi connectivity index (χ3n) is 45.9. The minimum atomic E-state index is -0.495. The number of nitrogens with zero attached hydrogens (tertiary/aromatic N) is 9. The average Bonchev–Trinajstić information content (AvgIpc) is 1.42. The zero-order valence-electron chi connectivity index (χ0n) is 88.0. The van der Waals surface area contributed by atoms with E-state index in [1.807, 2.05) is 54.9 Å². The number of aliphatic hydroxyl groups is 4. The number of rotatable bonds is 20. The quantitative estimate of drug-likeness (QED) is 0.0517. The molecule has 3 aromatic carbocycles. The molecule has 0 bridgehead atoms.